The highest BCUT2D eigenvalue weighted by molar-refractivity contribution is 6.39. The number of hydrogen-bond acceptors (Lipinski definition) is 10. The van der Waals surface area contributed by atoms with Gasteiger partial charge >= 0.3 is 17.8 Å². The van der Waals surface area contributed by atoms with E-state index in [1.807, 2.05) is 38.1 Å². The first-order chi connectivity index (χ1) is 26.4. The van der Waals surface area contributed by atoms with Gasteiger partial charge in [0.25, 0.3) is 5.91 Å². The van der Waals surface area contributed by atoms with Crippen LogP contribution in [0.15, 0.2) is 97.1 Å². The van der Waals surface area contributed by atoms with Crippen molar-refractivity contribution in [3.63, 3.8) is 0 Å². The van der Waals surface area contributed by atoms with E-state index in [4.69, 9.17) is 21.7 Å². The van der Waals surface area contributed by atoms with E-state index in [-0.39, 0.29) is 49.0 Å². The van der Waals surface area contributed by atoms with Gasteiger partial charge in [0.1, 0.15) is 12.4 Å². The Morgan fingerprint density at radius 1 is 0.836 bits per heavy atom. The molecule has 1 heterocycles. The van der Waals surface area contributed by atoms with Crippen molar-refractivity contribution in [2.75, 3.05) is 29.0 Å². The van der Waals surface area contributed by atoms with Gasteiger partial charge in [0, 0.05) is 46.8 Å². The van der Waals surface area contributed by atoms with Crippen molar-refractivity contribution in [3.8, 4) is 6.01 Å². The molecule has 0 atom stereocenters. The molecule has 0 bridgehead atoms. The average Bonchev–Trinajstić information content (AvgIpc) is 3.96. The van der Waals surface area contributed by atoms with Crippen LogP contribution in [0.2, 0.25) is 5.02 Å². The molecule has 0 radical (unpaired) electrons. The van der Waals surface area contributed by atoms with Crippen molar-refractivity contribution in [3.05, 3.63) is 130 Å². The lowest BCUT2D eigenvalue weighted by molar-refractivity contribution is -0.136. The number of nitrogens with one attached hydrogen (secondary N) is 6. The standard InChI is InChI=1S/C40H39ClFN9O4/c1-39(2,24-45-34(53)35(54)46-30-15-7-25(21-43)8-16-30)23-44-33(52)26-9-17-31(18-10-26)47-36-48-37(51-40(19-20-40)28-11-13-29(41)14-12-28)50-38(49-36)55-22-27-5-3-4-6-32(27)42/h3-18,21,43H,19-20,22-24H2,1-2H3,(H,44,52)(H,45,53)(H,46,54)(H2,47,48,49,50,51). The van der Waals surface area contributed by atoms with Crippen LogP contribution in [0.3, 0.4) is 0 Å². The third kappa shape index (κ3) is 10.4. The van der Waals surface area contributed by atoms with Crippen LogP contribution in [0, 0.1) is 16.6 Å². The van der Waals surface area contributed by atoms with E-state index in [9.17, 15) is 18.8 Å². The fourth-order valence-corrected chi connectivity index (χ4v) is 5.58. The number of carbonyl (C=O) groups is 3. The fourth-order valence-electron chi connectivity index (χ4n) is 5.45. The van der Waals surface area contributed by atoms with Crippen LogP contribution >= 0.6 is 11.6 Å². The molecule has 5 aromatic rings. The minimum absolute atomic E-state index is 0.0138. The Kier molecular flexibility index (Phi) is 11.7. The number of ether oxygens (including phenoxy) is 1. The van der Waals surface area contributed by atoms with Crippen molar-refractivity contribution >= 4 is 58.8 Å². The van der Waals surface area contributed by atoms with E-state index in [2.05, 4.69) is 41.5 Å². The normalized spacial score (nSPS) is 12.9. The van der Waals surface area contributed by atoms with Crippen molar-refractivity contribution in [1.29, 1.82) is 5.41 Å². The van der Waals surface area contributed by atoms with Crippen LogP contribution in [0.4, 0.5) is 27.7 Å². The number of carbonyl (C=O) groups excluding carboxylic acids is 3. The number of anilines is 4. The molecule has 6 rings (SSSR count). The van der Waals surface area contributed by atoms with Gasteiger partial charge < -0.3 is 36.7 Å². The maximum atomic E-state index is 14.3. The first-order valence-corrected chi connectivity index (χ1v) is 17.8. The molecule has 1 aliphatic carbocycles. The molecule has 55 heavy (non-hydrogen) atoms. The minimum atomic E-state index is -0.822. The molecule has 1 aliphatic rings. The highest BCUT2D eigenvalue weighted by atomic mass is 35.5. The summed E-state index contributed by atoms with van der Waals surface area (Å²) in [6.45, 7) is 3.95. The van der Waals surface area contributed by atoms with Crippen LogP contribution in [0.25, 0.3) is 0 Å². The molecular weight excluding hydrogens is 725 g/mol. The monoisotopic (exact) mass is 763 g/mol. The van der Waals surface area contributed by atoms with Crippen LogP contribution in [-0.4, -0.2) is 52.0 Å². The van der Waals surface area contributed by atoms with Crippen LogP contribution < -0.4 is 31.3 Å². The van der Waals surface area contributed by atoms with Gasteiger partial charge in [-0.15, -0.1) is 0 Å². The molecule has 0 unspecified atom stereocenters. The van der Waals surface area contributed by atoms with Gasteiger partial charge in [0.2, 0.25) is 11.9 Å². The van der Waals surface area contributed by atoms with Gasteiger partial charge in [0.15, 0.2) is 0 Å². The number of benzene rings is 4. The summed E-state index contributed by atoms with van der Waals surface area (Å²) < 4.78 is 20.1. The summed E-state index contributed by atoms with van der Waals surface area (Å²) >= 11 is 6.12. The second-order valence-corrected chi connectivity index (χ2v) is 14.2. The smallest absolute Gasteiger partial charge is 0.323 e. The lowest BCUT2D eigenvalue weighted by Crippen LogP contribution is -2.44. The Bertz CT molecular complexity index is 2180. The molecule has 15 heteroatoms. The molecule has 0 aliphatic heterocycles. The maximum Gasteiger partial charge on any atom is 0.323 e. The molecule has 1 saturated carbocycles. The topological polar surface area (TPSA) is 183 Å². The minimum Gasteiger partial charge on any atom is -0.458 e. The zero-order valence-corrected chi connectivity index (χ0v) is 30.8. The third-order valence-corrected chi connectivity index (χ3v) is 9.08. The van der Waals surface area contributed by atoms with Crippen molar-refractivity contribution in [1.82, 2.24) is 25.6 Å². The first-order valence-electron chi connectivity index (χ1n) is 17.4. The lowest BCUT2D eigenvalue weighted by Gasteiger charge is -2.25. The Hall–Kier alpha value is -6.41. The van der Waals surface area contributed by atoms with Crippen LogP contribution in [0.5, 0.6) is 6.01 Å². The second-order valence-electron chi connectivity index (χ2n) is 13.8. The Morgan fingerprint density at radius 3 is 2.16 bits per heavy atom. The molecule has 13 nitrogen and oxygen atoms in total. The molecule has 1 aromatic heterocycles. The van der Waals surface area contributed by atoms with Gasteiger partial charge in [-0.05, 0) is 84.0 Å². The van der Waals surface area contributed by atoms with E-state index in [1.54, 1.807) is 66.7 Å². The van der Waals surface area contributed by atoms with Crippen molar-refractivity contribution in [2.45, 2.75) is 38.8 Å². The predicted octanol–water partition coefficient (Wildman–Crippen LogP) is 6.60. The number of amides is 3. The van der Waals surface area contributed by atoms with Gasteiger partial charge in [0.05, 0.1) is 5.54 Å². The predicted molar refractivity (Wildman–Crippen MR) is 208 cm³/mol. The third-order valence-electron chi connectivity index (χ3n) is 8.83. The summed E-state index contributed by atoms with van der Waals surface area (Å²) in [6.07, 6.45) is 2.88. The molecule has 1 fully saturated rings. The Labute approximate surface area is 322 Å². The quantitative estimate of drug-likeness (QED) is 0.0506. The van der Waals surface area contributed by atoms with Gasteiger partial charge in [-0.3, -0.25) is 14.4 Å². The maximum absolute atomic E-state index is 14.3. The summed E-state index contributed by atoms with van der Waals surface area (Å²) in [5.74, 6) is -1.93. The average molecular weight is 764 g/mol. The number of halogens is 2. The first kappa shape index (κ1) is 38.3. The number of nitrogens with zero attached hydrogens (tertiary/aromatic N) is 3. The van der Waals surface area contributed by atoms with E-state index in [0.29, 0.717) is 33.1 Å². The van der Waals surface area contributed by atoms with E-state index in [0.717, 1.165) is 18.4 Å². The zero-order chi connectivity index (χ0) is 39.0. The van der Waals surface area contributed by atoms with Gasteiger partial charge in [-0.2, -0.15) is 15.0 Å². The number of hydrogen-bond donors (Lipinski definition) is 6. The van der Waals surface area contributed by atoms with Crippen molar-refractivity contribution < 1.29 is 23.5 Å². The highest BCUT2D eigenvalue weighted by Crippen LogP contribution is 2.48. The molecule has 4 aromatic carbocycles. The van der Waals surface area contributed by atoms with E-state index < -0.39 is 23.0 Å². The zero-order valence-electron chi connectivity index (χ0n) is 30.1. The highest BCUT2D eigenvalue weighted by Gasteiger charge is 2.45. The molecule has 282 valence electrons. The lowest BCUT2D eigenvalue weighted by atomic mass is 9.93. The largest absolute Gasteiger partial charge is 0.458 e. The SMILES string of the molecule is CC(C)(CNC(=O)C(=O)Nc1ccc(C=N)cc1)CNC(=O)c1ccc(Nc2nc(NC3(c4ccc(Cl)cc4)CC3)nc(OCc3ccccc3F)n2)cc1. The summed E-state index contributed by atoms with van der Waals surface area (Å²) in [6, 6.07) is 27.0. The van der Waals surface area contributed by atoms with Crippen LogP contribution in [-0.2, 0) is 21.7 Å². The number of rotatable bonds is 15. The Balaban J connectivity index is 1.06. The summed E-state index contributed by atoms with van der Waals surface area (Å²) in [7, 11) is 0. The van der Waals surface area contributed by atoms with E-state index >= 15 is 0 Å². The molecule has 0 spiro atoms. The van der Waals surface area contributed by atoms with Gasteiger partial charge in [-0.25, -0.2) is 4.39 Å². The Morgan fingerprint density at radius 2 is 1.49 bits per heavy atom. The van der Waals surface area contributed by atoms with Crippen LogP contribution in [0.1, 0.15) is 53.7 Å². The van der Waals surface area contributed by atoms with Gasteiger partial charge in [-0.1, -0.05) is 67.9 Å². The summed E-state index contributed by atoms with van der Waals surface area (Å²) in [4.78, 5) is 51.3. The summed E-state index contributed by atoms with van der Waals surface area (Å²) in [5.41, 5.74) is 2.49. The summed E-state index contributed by atoms with van der Waals surface area (Å²) in [5, 5.41) is 22.5. The van der Waals surface area contributed by atoms with Crippen molar-refractivity contribution in [2.24, 2.45) is 5.41 Å². The molecule has 0 saturated heterocycles. The fraction of sp³-hybridized carbons (Fsp3) is 0.225. The molecule has 6 N–H and O–H groups in total. The second kappa shape index (κ2) is 16.7. The molecule has 3 amide bonds. The van der Waals surface area contributed by atoms with E-state index in [1.165, 1.54) is 12.3 Å². The number of aromatic nitrogens is 3. The molecular formula is C40H39ClFN9O4.